The van der Waals surface area contributed by atoms with Crippen molar-refractivity contribution in [3.8, 4) is 5.75 Å². The number of Topliss-reactive ketones (excluding diaryl/α,β-unsaturated/α-hetero) is 1. The number of nitrogens with zero attached hydrogens (tertiary/aromatic N) is 1. The van der Waals surface area contributed by atoms with Crippen LogP contribution in [-0.2, 0) is 11.4 Å². The predicted molar refractivity (Wildman–Crippen MR) is 95.5 cm³/mol. The Hall–Kier alpha value is -3.21. The molecule has 25 heavy (non-hydrogen) atoms. The van der Waals surface area contributed by atoms with Gasteiger partial charge in [-0.3, -0.25) is 14.6 Å². The Morgan fingerprint density at radius 3 is 2.60 bits per heavy atom. The largest absolute Gasteiger partial charge is 0.489 e. The number of carbonyl (C=O) groups excluding carboxylic acids is 2. The first kappa shape index (κ1) is 16.6. The van der Waals surface area contributed by atoms with E-state index in [0.717, 1.165) is 5.56 Å². The molecule has 0 radical (unpaired) electrons. The van der Waals surface area contributed by atoms with Gasteiger partial charge in [-0.15, -0.1) is 0 Å². The van der Waals surface area contributed by atoms with E-state index in [1.165, 1.54) is 6.20 Å². The van der Waals surface area contributed by atoms with Crippen LogP contribution in [0.5, 0.6) is 5.75 Å². The number of aliphatic imine (C=N–C) groups is 1. The molecule has 0 fully saturated rings. The van der Waals surface area contributed by atoms with Gasteiger partial charge < -0.3 is 10.1 Å². The molecule has 3 rings (SSSR count). The highest BCUT2D eigenvalue weighted by molar-refractivity contribution is 6.04. The third-order valence-corrected chi connectivity index (χ3v) is 3.72. The third kappa shape index (κ3) is 4.64. The molecular weight excluding hydrogens is 316 g/mol. The van der Waals surface area contributed by atoms with E-state index in [2.05, 4.69) is 10.3 Å². The highest BCUT2D eigenvalue weighted by atomic mass is 16.5. The predicted octanol–water partition coefficient (Wildman–Crippen LogP) is 3.27. The SMILES string of the molecule is O=C1CCC=NC=C1NC(=O)c1ccc(OCc2ccccc2)cc1. The maximum absolute atomic E-state index is 12.3. The monoisotopic (exact) mass is 334 g/mol. The average Bonchev–Trinajstić information content (AvgIpc) is 2.86. The molecule has 0 saturated carbocycles. The van der Waals surface area contributed by atoms with Crippen LogP contribution in [0.2, 0.25) is 0 Å². The van der Waals surface area contributed by atoms with Gasteiger partial charge in [-0.05, 0) is 36.2 Å². The first-order chi connectivity index (χ1) is 12.2. The number of amides is 1. The minimum atomic E-state index is -0.341. The Kier molecular flexibility index (Phi) is 5.36. The molecule has 1 aliphatic rings. The van der Waals surface area contributed by atoms with Gasteiger partial charge in [0.2, 0.25) is 0 Å². The van der Waals surface area contributed by atoms with E-state index < -0.39 is 0 Å². The van der Waals surface area contributed by atoms with Crippen LogP contribution in [0.25, 0.3) is 0 Å². The Labute approximate surface area is 146 Å². The number of nitrogens with one attached hydrogen (secondary N) is 1. The number of carbonyl (C=O) groups is 2. The second-order valence-corrected chi connectivity index (χ2v) is 5.59. The van der Waals surface area contributed by atoms with Gasteiger partial charge in [-0.2, -0.15) is 0 Å². The molecule has 0 bridgehead atoms. The fourth-order valence-electron chi connectivity index (χ4n) is 2.34. The van der Waals surface area contributed by atoms with Gasteiger partial charge >= 0.3 is 0 Å². The summed E-state index contributed by atoms with van der Waals surface area (Å²) in [6.07, 6.45) is 3.99. The lowest BCUT2D eigenvalue weighted by Gasteiger charge is -2.09. The van der Waals surface area contributed by atoms with Gasteiger partial charge in [-0.25, -0.2) is 0 Å². The summed E-state index contributed by atoms with van der Waals surface area (Å²) >= 11 is 0. The molecule has 5 nitrogen and oxygen atoms in total. The van der Waals surface area contributed by atoms with Gasteiger partial charge in [0.25, 0.3) is 5.91 Å². The fraction of sp³-hybridized carbons (Fsp3) is 0.150. The third-order valence-electron chi connectivity index (χ3n) is 3.72. The van der Waals surface area contributed by atoms with Gasteiger partial charge in [0.15, 0.2) is 5.78 Å². The quantitative estimate of drug-likeness (QED) is 0.912. The zero-order valence-corrected chi connectivity index (χ0v) is 13.6. The van der Waals surface area contributed by atoms with Crippen LogP contribution in [0.4, 0.5) is 0 Å². The number of benzene rings is 2. The summed E-state index contributed by atoms with van der Waals surface area (Å²) in [6, 6.07) is 16.7. The lowest BCUT2D eigenvalue weighted by Crippen LogP contribution is -2.27. The molecule has 0 saturated heterocycles. The number of ether oxygens (including phenoxy) is 1. The molecule has 1 amide bonds. The van der Waals surface area contributed by atoms with E-state index in [4.69, 9.17) is 4.74 Å². The number of ketones is 1. The lowest BCUT2D eigenvalue weighted by molar-refractivity contribution is -0.115. The van der Waals surface area contributed by atoms with Gasteiger partial charge in [-0.1, -0.05) is 30.3 Å². The smallest absolute Gasteiger partial charge is 0.255 e. The van der Waals surface area contributed by atoms with Crippen LogP contribution in [0.15, 0.2) is 71.5 Å². The second kappa shape index (κ2) is 8.06. The molecule has 1 N–H and O–H groups in total. The lowest BCUT2D eigenvalue weighted by atomic mass is 10.1. The van der Waals surface area contributed by atoms with Gasteiger partial charge in [0, 0.05) is 18.2 Å². The van der Waals surface area contributed by atoms with Crippen LogP contribution in [0, 0.1) is 0 Å². The standard InChI is InChI=1S/C20H18N2O3/c23-19-7-4-12-21-13-18(19)22-20(24)16-8-10-17(11-9-16)25-14-15-5-2-1-3-6-15/h1-3,5-6,8-13H,4,7,14H2,(H,22,24). The second-order valence-electron chi connectivity index (χ2n) is 5.59. The molecule has 0 aliphatic carbocycles. The number of hydrogen-bond donors (Lipinski definition) is 1. The van der Waals surface area contributed by atoms with Crippen LogP contribution in [0.1, 0.15) is 28.8 Å². The zero-order chi connectivity index (χ0) is 17.5. The Morgan fingerprint density at radius 1 is 1.08 bits per heavy atom. The first-order valence-electron chi connectivity index (χ1n) is 8.05. The summed E-state index contributed by atoms with van der Waals surface area (Å²) in [4.78, 5) is 28.1. The fourth-order valence-corrected chi connectivity index (χ4v) is 2.34. The minimum absolute atomic E-state index is 0.117. The zero-order valence-electron chi connectivity index (χ0n) is 13.6. The minimum Gasteiger partial charge on any atom is -0.489 e. The van der Waals surface area contributed by atoms with E-state index in [0.29, 0.717) is 30.8 Å². The molecule has 0 unspecified atom stereocenters. The van der Waals surface area contributed by atoms with E-state index in [-0.39, 0.29) is 17.4 Å². The van der Waals surface area contributed by atoms with E-state index in [9.17, 15) is 9.59 Å². The van der Waals surface area contributed by atoms with Crippen molar-refractivity contribution in [1.29, 1.82) is 0 Å². The van der Waals surface area contributed by atoms with Crippen LogP contribution in [-0.4, -0.2) is 17.9 Å². The highest BCUT2D eigenvalue weighted by Crippen LogP contribution is 2.15. The molecule has 1 heterocycles. The molecule has 0 spiro atoms. The van der Waals surface area contributed by atoms with Crippen LogP contribution >= 0.6 is 0 Å². The Balaban J connectivity index is 1.59. The normalized spacial score (nSPS) is 13.8. The highest BCUT2D eigenvalue weighted by Gasteiger charge is 2.15. The molecule has 2 aromatic rings. The number of allylic oxidation sites excluding steroid dienone is 1. The van der Waals surface area contributed by atoms with Gasteiger partial charge in [0.05, 0.1) is 6.20 Å². The summed E-state index contributed by atoms with van der Waals surface area (Å²) in [7, 11) is 0. The number of rotatable bonds is 5. The molecule has 126 valence electrons. The van der Waals surface area contributed by atoms with Crippen molar-refractivity contribution < 1.29 is 14.3 Å². The summed E-state index contributed by atoms with van der Waals surface area (Å²) in [5, 5.41) is 2.62. The molecule has 2 aromatic carbocycles. The maximum Gasteiger partial charge on any atom is 0.255 e. The van der Waals surface area contributed by atoms with Crippen molar-refractivity contribution in [3.05, 3.63) is 77.6 Å². The topological polar surface area (TPSA) is 67.8 Å². The summed E-state index contributed by atoms with van der Waals surface area (Å²) in [6.45, 7) is 0.464. The first-order valence-corrected chi connectivity index (χ1v) is 8.05. The van der Waals surface area contributed by atoms with Crippen molar-refractivity contribution in [1.82, 2.24) is 5.32 Å². The average molecular weight is 334 g/mol. The van der Waals surface area contributed by atoms with E-state index in [1.807, 2.05) is 30.3 Å². The van der Waals surface area contributed by atoms with Crippen molar-refractivity contribution >= 4 is 17.9 Å². The van der Waals surface area contributed by atoms with Crippen LogP contribution in [0.3, 0.4) is 0 Å². The molecule has 0 atom stereocenters. The van der Waals surface area contributed by atoms with Crippen LogP contribution < -0.4 is 10.1 Å². The van der Waals surface area contributed by atoms with Crippen molar-refractivity contribution in [2.24, 2.45) is 4.99 Å². The molecular formula is C20H18N2O3. The summed E-state index contributed by atoms with van der Waals surface area (Å²) < 4.78 is 5.69. The summed E-state index contributed by atoms with van der Waals surface area (Å²) in [5.74, 6) is 0.217. The Bertz CT molecular complexity index is 809. The number of hydrogen-bond acceptors (Lipinski definition) is 4. The molecule has 5 heteroatoms. The molecule has 0 aromatic heterocycles. The maximum atomic E-state index is 12.3. The van der Waals surface area contributed by atoms with Crippen molar-refractivity contribution in [3.63, 3.8) is 0 Å². The van der Waals surface area contributed by atoms with Gasteiger partial charge in [0.1, 0.15) is 18.1 Å². The Morgan fingerprint density at radius 2 is 1.84 bits per heavy atom. The van der Waals surface area contributed by atoms with Crippen molar-refractivity contribution in [2.75, 3.05) is 0 Å². The molecule has 1 aliphatic heterocycles. The van der Waals surface area contributed by atoms with E-state index >= 15 is 0 Å². The van der Waals surface area contributed by atoms with E-state index in [1.54, 1.807) is 30.5 Å². The van der Waals surface area contributed by atoms with Crippen molar-refractivity contribution in [2.45, 2.75) is 19.4 Å². The summed E-state index contributed by atoms with van der Waals surface area (Å²) in [5.41, 5.74) is 1.75.